The molecule has 18 heavy (non-hydrogen) atoms. The summed E-state index contributed by atoms with van der Waals surface area (Å²) in [6.45, 7) is 5.99. The molecule has 100 valence electrons. The molecule has 1 aliphatic carbocycles. The van der Waals surface area contributed by atoms with Gasteiger partial charge in [0.05, 0.1) is 0 Å². The quantitative estimate of drug-likeness (QED) is 0.770. The maximum atomic E-state index is 11.8. The minimum Gasteiger partial charge on any atom is -0.354 e. The van der Waals surface area contributed by atoms with Crippen LogP contribution in [0.25, 0.3) is 0 Å². The van der Waals surface area contributed by atoms with E-state index in [0.717, 1.165) is 5.70 Å². The largest absolute Gasteiger partial charge is 0.354 e. The summed E-state index contributed by atoms with van der Waals surface area (Å²) in [5.41, 5.74) is 1.73. The first-order chi connectivity index (χ1) is 8.70. The van der Waals surface area contributed by atoms with Crippen molar-refractivity contribution in [1.82, 2.24) is 15.2 Å². The Morgan fingerprint density at radius 2 is 2.06 bits per heavy atom. The lowest BCUT2D eigenvalue weighted by molar-refractivity contribution is -0.118. The average Bonchev–Trinajstić information content (AvgIpc) is 2.57. The number of hydrogen-bond donors (Lipinski definition) is 1. The van der Waals surface area contributed by atoms with E-state index >= 15 is 0 Å². The van der Waals surface area contributed by atoms with E-state index in [1.807, 2.05) is 32.8 Å². The zero-order valence-corrected chi connectivity index (χ0v) is 11.6. The van der Waals surface area contributed by atoms with E-state index in [9.17, 15) is 4.79 Å². The second kappa shape index (κ2) is 5.00. The Labute approximate surface area is 109 Å². The van der Waals surface area contributed by atoms with Gasteiger partial charge in [0.2, 0.25) is 0 Å². The molecule has 5 heteroatoms. The summed E-state index contributed by atoms with van der Waals surface area (Å²) in [5.74, 6) is 0.599. The standard InChI is InChI=1S/C11H16N4O.C2H6/c1-7-9-10(16)12-6-13-15(9)11(14(7)2)8-4-3-5-8;1-2/h6,8,11H,3-5H2,1-2H3,(H,12,13,16);1-2H3. The summed E-state index contributed by atoms with van der Waals surface area (Å²) in [5, 5.41) is 8.83. The van der Waals surface area contributed by atoms with Crippen molar-refractivity contribution >= 4 is 12.2 Å². The van der Waals surface area contributed by atoms with Gasteiger partial charge in [0.25, 0.3) is 5.91 Å². The molecule has 0 radical (unpaired) electrons. The Hall–Kier alpha value is -1.52. The van der Waals surface area contributed by atoms with Gasteiger partial charge in [-0.3, -0.25) is 4.79 Å². The lowest BCUT2D eigenvalue weighted by Gasteiger charge is -2.40. The number of carbonyl (C=O) groups is 1. The van der Waals surface area contributed by atoms with Crippen LogP contribution >= 0.6 is 0 Å². The SMILES string of the molecule is CC.CC1=C2C(=O)NC=NN2C(C2CCC2)N1C. The van der Waals surface area contributed by atoms with Gasteiger partial charge in [0.1, 0.15) is 18.2 Å². The normalized spacial score (nSPS) is 26.4. The molecule has 3 aliphatic rings. The number of carbonyl (C=O) groups excluding carboxylic acids is 1. The van der Waals surface area contributed by atoms with E-state index in [1.54, 1.807) is 0 Å². The molecule has 0 aromatic carbocycles. The molecule has 0 aromatic rings. The average molecular weight is 250 g/mol. The lowest BCUT2D eigenvalue weighted by atomic mass is 9.82. The molecule has 1 unspecified atom stereocenters. The van der Waals surface area contributed by atoms with Crippen LogP contribution in [-0.2, 0) is 4.79 Å². The molecule has 3 rings (SSSR count). The van der Waals surface area contributed by atoms with Crippen LogP contribution in [0, 0.1) is 5.92 Å². The van der Waals surface area contributed by atoms with Gasteiger partial charge in [-0.1, -0.05) is 20.3 Å². The first-order valence-electron chi connectivity index (χ1n) is 6.76. The van der Waals surface area contributed by atoms with E-state index in [2.05, 4.69) is 15.3 Å². The van der Waals surface area contributed by atoms with Crippen molar-refractivity contribution in [3.05, 3.63) is 11.4 Å². The van der Waals surface area contributed by atoms with Crippen molar-refractivity contribution in [2.24, 2.45) is 11.0 Å². The van der Waals surface area contributed by atoms with Crippen LogP contribution in [-0.4, -0.2) is 35.4 Å². The van der Waals surface area contributed by atoms with Gasteiger partial charge in [-0.05, 0) is 25.7 Å². The molecule has 0 spiro atoms. The maximum Gasteiger partial charge on any atom is 0.276 e. The molecule has 1 atom stereocenters. The summed E-state index contributed by atoms with van der Waals surface area (Å²) >= 11 is 0. The maximum absolute atomic E-state index is 11.8. The first kappa shape index (κ1) is 12.9. The van der Waals surface area contributed by atoms with Crippen LogP contribution in [0.15, 0.2) is 16.5 Å². The van der Waals surface area contributed by atoms with Crippen molar-refractivity contribution in [2.75, 3.05) is 7.05 Å². The van der Waals surface area contributed by atoms with Gasteiger partial charge < -0.3 is 10.2 Å². The summed E-state index contributed by atoms with van der Waals surface area (Å²) < 4.78 is 0. The molecule has 2 heterocycles. The van der Waals surface area contributed by atoms with Crippen molar-refractivity contribution in [3.63, 3.8) is 0 Å². The van der Waals surface area contributed by atoms with Gasteiger partial charge in [0, 0.05) is 12.7 Å². The van der Waals surface area contributed by atoms with Crippen LogP contribution in [0.2, 0.25) is 0 Å². The van der Waals surface area contributed by atoms with Gasteiger partial charge in [-0.15, -0.1) is 0 Å². The predicted octanol–water partition coefficient (Wildman–Crippen LogP) is 1.69. The summed E-state index contributed by atoms with van der Waals surface area (Å²) in [4.78, 5) is 14.0. The minimum atomic E-state index is -0.0406. The second-order valence-corrected chi connectivity index (χ2v) is 4.71. The van der Waals surface area contributed by atoms with Crippen LogP contribution in [0.1, 0.15) is 40.0 Å². The molecule has 0 aromatic heterocycles. The highest BCUT2D eigenvalue weighted by atomic mass is 16.2. The second-order valence-electron chi connectivity index (χ2n) is 4.71. The molecular formula is C13H22N4O. The zero-order chi connectivity index (χ0) is 13.3. The van der Waals surface area contributed by atoms with Crippen LogP contribution < -0.4 is 5.32 Å². The zero-order valence-electron chi connectivity index (χ0n) is 11.6. The summed E-state index contributed by atoms with van der Waals surface area (Å²) in [6, 6.07) is 0. The molecule has 1 fully saturated rings. The number of rotatable bonds is 1. The van der Waals surface area contributed by atoms with E-state index in [-0.39, 0.29) is 12.1 Å². The van der Waals surface area contributed by atoms with Gasteiger partial charge in [-0.2, -0.15) is 5.10 Å². The van der Waals surface area contributed by atoms with Crippen molar-refractivity contribution in [1.29, 1.82) is 0 Å². The molecule has 5 nitrogen and oxygen atoms in total. The number of fused-ring (bicyclic) bond motifs is 1. The highest BCUT2D eigenvalue weighted by Gasteiger charge is 2.44. The fraction of sp³-hybridized carbons (Fsp3) is 0.692. The Kier molecular flexibility index (Phi) is 3.59. The number of hydrazone groups is 1. The number of nitrogens with one attached hydrogen (secondary N) is 1. The highest BCUT2D eigenvalue weighted by Crippen LogP contribution is 2.40. The van der Waals surface area contributed by atoms with Gasteiger partial charge >= 0.3 is 0 Å². The number of allylic oxidation sites excluding steroid dienone is 1. The van der Waals surface area contributed by atoms with Crippen molar-refractivity contribution < 1.29 is 4.79 Å². The molecule has 0 saturated heterocycles. The molecule has 2 aliphatic heterocycles. The molecular weight excluding hydrogens is 228 g/mol. The Balaban J connectivity index is 0.000000574. The van der Waals surface area contributed by atoms with Crippen LogP contribution in [0.4, 0.5) is 0 Å². The fourth-order valence-electron chi connectivity index (χ4n) is 2.69. The molecule has 1 N–H and O–H groups in total. The Morgan fingerprint density at radius 3 is 2.61 bits per heavy atom. The summed E-state index contributed by atoms with van der Waals surface area (Å²) in [6.07, 6.45) is 5.51. The van der Waals surface area contributed by atoms with Gasteiger partial charge in [0.15, 0.2) is 0 Å². The van der Waals surface area contributed by atoms with Gasteiger partial charge in [-0.25, -0.2) is 5.01 Å². The highest BCUT2D eigenvalue weighted by molar-refractivity contribution is 6.01. The summed E-state index contributed by atoms with van der Waals surface area (Å²) in [7, 11) is 2.05. The van der Waals surface area contributed by atoms with E-state index in [0.29, 0.717) is 11.6 Å². The topological polar surface area (TPSA) is 47.9 Å². The third-order valence-corrected chi connectivity index (χ3v) is 3.91. The van der Waals surface area contributed by atoms with E-state index in [1.165, 1.54) is 25.6 Å². The van der Waals surface area contributed by atoms with Crippen molar-refractivity contribution in [3.8, 4) is 0 Å². The van der Waals surface area contributed by atoms with Crippen molar-refractivity contribution in [2.45, 2.75) is 46.2 Å². The number of amides is 1. The third kappa shape index (κ3) is 1.78. The van der Waals surface area contributed by atoms with Crippen LogP contribution in [0.5, 0.6) is 0 Å². The fourth-order valence-corrected chi connectivity index (χ4v) is 2.69. The molecule has 1 saturated carbocycles. The van der Waals surface area contributed by atoms with E-state index in [4.69, 9.17) is 0 Å². The Bertz CT molecular complexity index is 398. The predicted molar refractivity (Wildman–Crippen MR) is 71.4 cm³/mol. The minimum absolute atomic E-state index is 0.0406. The lowest BCUT2D eigenvalue weighted by Crippen LogP contribution is -2.47. The number of nitrogens with zero attached hydrogens (tertiary/aromatic N) is 3. The molecule has 0 bridgehead atoms. The first-order valence-corrected chi connectivity index (χ1v) is 6.76. The molecule has 1 amide bonds. The smallest absolute Gasteiger partial charge is 0.276 e. The Morgan fingerprint density at radius 1 is 1.39 bits per heavy atom. The third-order valence-electron chi connectivity index (χ3n) is 3.91. The van der Waals surface area contributed by atoms with E-state index < -0.39 is 0 Å². The monoisotopic (exact) mass is 250 g/mol. The van der Waals surface area contributed by atoms with Crippen LogP contribution in [0.3, 0.4) is 0 Å². The number of hydrogen-bond acceptors (Lipinski definition) is 4.